The van der Waals surface area contributed by atoms with Gasteiger partial charge in [0.1, 0.15) is 0 Å². The van der Waals surface area contributed by atoms with E-state index in [-0.39, 0.29) is 11.9 Å². The van der Waals surface area contributed by atoms with Gasteiger partial charge in [0.2, 0.25) is 5.91 Å². The Morgan fingerprint density at radius 2 is 2.00 bits per heavy atom. The van der Waals surface area contributed by atoms with Gasteiger partial charge in [0.25, 0.3) is 0 Å². The van der Waals surface area contributed by atoms with Crippen molar-refractivity contribution in [2.24, 2.45) is 0 Å². The Hall–Kier alpha value is -0.220. The van der Waals surface area contributed by atoms with Gasteiger partial charge in [-0.05, 0) is 32.6 Å². The van der Waals surface area contributed by atoms with Gasteiger partial charge in [0.15, 0.2) is 0 Å². The lowest BCUT2D eigenvalue weighted by atomic mass is 10.2. The zero-order valence-electron chi connectivity index (χ0n) is 11.0. The number of rotatable bonds is 9. The first-order valence-electron chi connectivity index (χ1n) is 6.15. The van der Waals surface area contributed by atoms with Crippen LogP contribution in [0, 0.1) is 0 Å². The largest absolute Gasteiger partial charge is 0.355 e. The highest BCUT2D eigenvalue weighted by Gasteiger charge is 2.11. The van der Waals surface area contributed by atoms with E-state index in [1.54, 1.807) is 0 Å². The second-order valence-electron chi connectivity index (χ2n) is 4.16. The maximum atomic E-state index is 11.6. The SMILES string of the molecule is CCCCNC(=O)C(C)NCCC(C)SC. The summed E-state index contributed by atoms with van der Waals surface area (Å²) in [6.07, 6.45) is 5.40. The van der Waals surface area contributed by atoms with E-state index in [0.29, 0.717) is 5.25 Å². The van der Waals surface area contributed by atoms with E-state index in [0.717, 1.165) is 32.4 Å². The molecule has 2 atom stereocenters. The third kappa shape index (κ3) is 7.99. The molecule has 0 fully saturated rings. The minimum absolute atomic E-state index is 0.0779. The second-order valence-corrected chi connectivity index (χ2v) is 5.43. The summed E-state index contributed by atoms with van der Waals surface area (Å²) in [5.41, 5.74) is 0. The van der Waals surface area contributed by atoms with Crippen LogP contribution in [-0.2, 0) is 4.79 Å². The Bertz CT molecular complexity index is 188. The van der Waals surface area contributed by atoms with Crippen LogP contribution in [0.5, 0.6) is 0 Å². The van der Waals surface area contributed by atoms with Gasteiger partial charge in [-0.15, -0.1) is 0 Å². The van der Waals surface area contributed by atoms with E-state index < -0.39 is 0 Å². The van der Waals surface area contributed by atoms with Crippen molar-refractivity contribution in [3.05, 3.63) is 0 Å². The number of carbonyl (C=O) groups excluding carboxylic acids is 1. The monoisotopic (exact) mass is 246 g/mol. The normalized spacial score (nSPS) is 14.5. The van der Waals surface area contributed by atoms with Gasteiger partial charge in [0, 0.05) is 11.8 Å². The van der Waals surface area contributed by atoms with Crippen molar-refractivity contribution in [3.8, 4) is 0 Å². The van der Waals surface area contributed by atoms with Crippen LogP contribution in [0.3, 0.4) is 0 Å². The molecule has 0 aliphatic rings. The lowest BCUT2D eigenvalue weighted by Crippen LogP contribution is -2.43. The molecular formula is C12H26N2OS. The smallest absolute Gasteiger partial charge is 0.236 e. The number of carbonyl (C=O) groups is 1. The highest BCUT2D eigenvalue weighted by Crippen LogP contribution is 2.07. The molecule has 0 aromatic rings. The topological polar surface area (TPSA) is 41.1 Å². The standard InChI is InChI=1S/C12H26N2OS/c1-5-6-8-14-12(15)11(3)13-9-7-10(2)16-4/h10-11,13H,5-9H2,1-4H3,(H,14,15). The zero-order valence-corrected chi connectivity index (χ0v) is 11.8. The van der Waals surface area contributed by atoms with Crippen molar-refractivity contribution in [2.45, 2.75) is 51.3 Å². The minimum atomic E-state index is -0.0779. The molecule has 16 heavy (non-hydrogen) atoms. The molecule has 3 nitrogen and oxygen atoms in total. The molecule has 0 aromatic heterocycles. The third-order valence-electron chi connectivity index (χ3n) is 2.63. The van der Waals surface area contributed by atoms with E-state index in [9.17, 15) is 4.79 Å². The summed E-state index contributed by atoms with van der Waals surface area (Å²) in [7, 11) is 0. The molecule has 1 amide bonds. The molecule has 0 bridgehead atoms. The molecule has 96 valence electrons. The summed E-state index contributed by atoms with van der Waals surface area (Å²) in [6.45, 7) is 7.95. The molecule has 0 aromatic carbocycles. The fourth-order valence-electron chi connectivity index (χ4n) is 1.26. The minimum Gasteiger partial charge on any atom is -0.355 e. The van der Waals surface area contributed by atoms with Crippen molar-refractivity contribution < 1.29 is 4.79 Å². The Balaban J connectivity index is 3.55. The molecule has 2 unspecified atom stereocenters. The Kier molecular flexibility index (Phi) is 9.83. The molecule has 0 aliphatic carbocycles. The lowest BCUT2D eigenvalue weighted by Gasteiger charge is -2.15. The Labute approximate surface area is 104 Å². The van der Waals surface area contributed by atoms with Crippen molar-refractivity contribution in [2.75, 3.05) is 19.3 Å². The highest BCUT2D eigenvalue weighted by atomic mass is 32.2. The van der Waals surface area contributed by atoms with Gasteiger partial charge in [-0.2, -0.15) is 11.8 Å². The van der Waals surface area contributed by atoms with Gasteiger partial charge >= 0.3 is 0 Å². The van der Waals surface area contributed by atoms with E-state index in [2.05, 4.69) is 30.7 Å². The molecule has 0 saturated carbocycles. The number of thioether (sulfide) groups is 1. The number of hydrogen-bond acceptors (Lipinski definition) is 3. The van der Waals surface area contributed by atoms with Gasteiger partial charge in [-0.1, -0.05) is 20.3 Å². The van der Waals surface area contributed by atoms with Crippen LogP contribution in [0.25, 0.3) is 0 Å². The fourth-order valence-corrected chi connectivity index (χ4v) is 1.61. The number of amides is 1. The van der Waals surface area contributed by atoms with Gasteiger partial charge in [-0.25, -0.2) is 0 Å². The maximum absolute atomic E-state index is 11.6. The molecule has 0 radical (unpaired) electrons. The molecule has 0 saturated heterocycles. The quantitative estimate of drug-likeness (QED) is 0.612. The molecule has 4 heteroatoms. The summed E-state index contributed by atoms with van der Waals surface area (Å²) in [5.74, 6) is 0.116. The second kappa shape index (κ2) is 9.97. The summed E-state index contributed by atoms with van der Waals surface area (Å²) in [4.78, 5) is 11.6. The third-order valence-corrected chi connectivity index (χ3v) is 3.67. The molecule has 0 heterocycles. The van der Waals surface area contributed by atoms with Crippen LogP contribution >= 0.6 is 11.8 Å². The first-order valence-corrected chi connectivity index (χ1v) is 7.44. The van der Waals surface area contributed by atoms with Crippen LogP contribution in [0.15, 0.2) is 0 Å². The molecule has 0 aliphatic heterocycles. The van der Waals surface area contributed by atoms with E-state index in [1.807, 2.05) is 18.7 Å². The molecule has 0 spiro atoms. The van der Waals surface area contributed by atoms with Crippen LogP contribution < -0.4 is 10.6 Å². The van der Waals surface area contributed by atoms with Gasteiger partial charge < -0.3 is 10.6 Å². The summed E-state index contributed by atoms with van der Waals surface area (Å²) < 4.78 is 0. The van der Waals surface area contributed by atoms with Crippen LogP contribution in [-0.4, -0.2) is 36.5 Å². The Morgan fingerprint density at radius 1 is 1.31 bits per heavy atom. The zero-order chi connectivity index (χ0) is 12.4. The van der Waals surface area contributed by atoms with Crippen molar-refractivity contribution in [3.63, 3.8) is 0 Å². The molecular weight excluding hydrogens is 220 g/mol. The lowest BCUT2D eigenvalue weighted by molar-refractivity contribution is -0.122. The summed E-state index contributed by atoms with van der Waals surface area (Å²) in [6, 6.07) is -0.0779. The molecule has 2 N–H and O–H groups in total. The fraction of sp³-hybridized carbons (Fsp3) is 0.917. The van der Waals surface area contributed by atoms with E-state index in [1.165, 1.54) is 0 Å². The van der Waals surface area contributed by atoms with Gasteiger partial charge in [-0.3, -0.25) is 4.79 Å². The maximum Gasteiger partial charge on any atom is 0.236 e. The van der Waals surface area contributed by atoms with E-state index >= 15 is 0 Å². The first-order chi connectivity index (χ1) is 7.61. The van der Waals surface area contributed by atoms with Crippen molar-refractivity contribution in [1.82, 2.24) is 10.6 Å². The van der Waals surface area contributed by atoms with Crippen LogP contribution in [0.2, 0.25) is 0 Å². The Morgan fingerprint density at radius 3 is 2.56 bits per heavy atom. The average molecular weight is 246 g/mol. The summed E-state index contributed by atoms with van der Waals surface area (Å²) >= 11 is 1.86. The number of hydrogen-bond donors (Lipinski definition) is 2. The van der Waals surface area contributed by atoms with Gasteiger partial charge in [0.05, 0.1) is 6.04 Å². The predicted molar refractivity (Wildman–Crippen MR) is 73.0 cm³/mol. The first kappa shape index (κ1) is 15.8. The van der Waals surface area contributed by atoms with E-state index in [4.69, 9.17) is 0 Å². The number of nitrogens with one attached hydrogen (secondary N) is 2. The summed E-state index contributed by atoms with van der Waals surface area (Å²) in [5, 5.41) is 6.83. The molecule has 0 rings (SSSR count). The number of unbranched alkanes of at least 4 members (excludes halogenated alkanes) is 1. The highest BCUT2D eigenvalue weighted by molar-refractivity contribution is 7.99. The average Bonchev–Trinajstić information content (AvgIpc) is 2.28. The van der Waals surface area contributed by atoms with Crippen molar-refractivity contribution >= 4 is 17.7 Å². The predicted octanol–water partition coefficient (Wildman–Crippen LogP) is 2.02. The van der Waals surface area contributed by atoms with Crippen LogP contribution in [0.4, 0.5) is 0 Å². The van der Waals surface area contributed by atoms with Crippen molar-refractivity contribution in [1.29, 1.82) is 0 Å². The van der Waals surface area contributed by atoms with Crippen LogP contribution in [0.1, 0.15) is 40.0 Å².